The number of carbonyl (C=O) groups excluding carboxylic acids is 1. The Balaban J connectivity index is 3.71. The molecule has 0 aromatic rings. The molecule has 0 saturated carbocycles. The molecule has 0 aromatic carbocycles. The van der Waals surface area contributed by atoms with E-state index in [9.17, 15) is 9.59 Å². The Morgan fingerprint density at radius 2 is 2.00 bits per heavy atom. The molecule has 0 rings (SSSR count). The first-order valence-electron chi connectivity index (χ1n) is 1.98. The summed E-state index contributed by atoms with van der Waals surface area (Å²) in [7, 11) is 0. The van der Waals surface area contributed by atoms with E-state index in [2.05, 4.69) is 10.7 Å². The molecule has 0 heterocycles. The van der Waals surface area contributed by atoms with Gasteiger partial charge in [0, 0.05) is 12.2 Å². The standard InChI is InChI=1S/C4H5NO4/c5-9-4(8)2-1-3(6)7/h1-2H,5H2,(H,6,7). The molecule has 0 unspecified atom stereocenters. The minimum absolute atomic E-state index is 0.634. The van der Waals surface area contributed by atoms with Crippen LogP contribution in [0.5, 0.6) is 0 Å². The van der Waals surface area contributed by atoms with Crippen LogP contribution in [0.4, 0.5) is 0 Å². The van der Waals surface area contributed by atoms with Crippen molar-refractivity contribution < 1.29 is 19.5 Å². The Morgan fingerprint density at radius 3 is 2.33 bits per heavy atom. The summed E-state index contributed by atoms with van der Waals surface area (Å²) in [5, 5.41) is 7.92. The highest BCUT2D eigenvalue weighted by atomic mass is 16.7. The lowest BCUT2D eigenvalue weighted by atomic mass is 10.5. The number of nitrogens with two attached hydrogens (primary N) is 1. The van der Waals surface area contributed by atoms with Gasteiger partial charge in [0.25, 0.3) is 0 Å². The molecule has 0 radical (unpaired) electrons. The number of carboxylic acids is 1. The van der Waals surface area contributed by atoms with Gasteiger partial charge in [-0.2, -0.15) is 5.90 Å². The molecule has 0 aromatic heterocycles. The molecule has 0 atom stereocenters. The summed E-state index contributed by atoms with van der Waals surface area (Å²) in [4.78, 5) is 23.3. The second-order valence-electron chi connectivity index (χ2n) is 1.11. The average molecular weight is 131 g/mol. The van der Waals surface area contributed by atoms with Crippen LogP contribution in [0, 0.1) is 0 Å². The predicted octanol–water partition coefficient (Wildman–Crippen LogP) is -0.956. The van der Waals surface area contributed by atoms with Crippen LogP contribution < -0.4 is 5.90 Å². The Labute approximate surface area is 50.7 Å². The SMILES string of the molecule is NOC(=O)C=CC(=O)O. The van der Waals surface area contributed by atoms with Crippen LogP contribution in [0.15, 0.2) is 12.2 Å². The second-order valence-corrected chi connectivity index (χ2v) is 1.11. The zero-order valence-corrected chi connectivity index (χ0v) is 4.40. The zero-order chi connectivity index (χ0) is 7.28. The fraction of sp³-hybridized carbons (Fsp3) is 0. The van der Waals surface area contributed by atoms with Gasteiger partial charge in [-0.25, -0.2) is 9.59 Å². The lowest BCUT2D eigenvalue weighted by Crippen LogP contribution is -2.06. The van der Waals surface area contributed by atoms with E-state index in [1.165, 1.54) is 0 Å². The van der Waals surface area contributed by atoms with Crippen LogP contribution >= 0.6 is 0 Å². The summed E-state index contributed by atoms with van der Waals surface area (Å²) < 4.78 is 0. The third-order valence-corrected chi connectivity index (χ3v) is 0.478. The average Bonchev–Trinajstić information content (AvgIpc) is 1.83. The lowest BCUT2D eigenvalue weighted by molar-refractivity contribution is -0.139. The first kappa shape index (κ1) is 7.64. The van der Waals surface area contributed by atoms with Gasteiger partial charge in [-0.3, -0.25) is 0 Å². The minimum Gasteiger partial charge on any atom is -0.478 e. The molecular formula is C4H5NO4. The molecule has 0 saturated heterocycles. The molecule has 0 amide bonds. The Bertz CT molecular complexity index is 151. The topological polar surface area (TPSA) is 89.6 Å². The van der Waals surface area contributed by atoms with Crippen molar-refractivity contribution in [2.75, 3.05) is 0 Å². The highest BCUT2D eigenvalue weighted by molar-refractivity contribution is 5.90. The molecule has 0 aliphatic rings. The Kier molecular flexibility index (Phi) is 3.07. The third-order valence-electron chi connectivity index (χ3n) is 0.478. The van der Waals surface area contributed by atoms with E-state index in [0.29, 0.717) is 12.2 Å². The van der Waals surface area contributed by atoms with Gasteiger partial charge in [-0.05, 0) is 0 Å². The molecule has 0 bridgehead atoms. The first-order valence-corrected chi connectivity index (χ1v) is 1.98. The Hall–Kier alpha value is -1.36. The van der Waals surface area contributed by atoms with E-state index in [1.807, 2.05) is 0 Å². The summed E-state index contributed by atoms with van der Waals surface area (Å²) in [6.45, 7) is 0. The summed E-state index contributed by atoms with van der Waals surface area (Å²) in [5.41, 5.74) is 0. The van der Waals surface area contributed by atoms with Gasteiger partial charge in [-0.1, -0.05) is 0 Å². The zero-order valence-electron chi connectivity index (χ0n) is 4.40. The van der Waals surface area contributed by atoms with Crippen LogP contribution in [0.2, 0.25) is 0 Å². The van der Waals surface area contributed by atoms with Crippen molar-refractivity contribution in [1.29, 1.82) is 0 Å². The minimum atomic E-state index is -1.22. The fourth-order valence-corrected chi connectivity index (χ4v) is 0.179. The smallest absolute Gasteiger partial charge is 0.349 e. The van der Waals surface area contributed by atoms with E-state index < -0.39 is 11.9 Å². The number of hydrogen-bond donors (Lipinski definition) is 2. The molecule has 5 heteroatoms. The number of rotatable bonds is 2. The van der Waals surface area contributed by atoms with E-state index in [1.54, 1.807) is 0 Å². The van der Waals surface area contributed by atoms with Crippen molar-refractivity contribution in [3.63, 3.8) is 0 Å². The van der Waals surface area contributed by atoms with Gasteiger partial charge in [0.2, 0.25) is 0 Å². The van der Waals surface area contributed by atoms with Gasteiger partial charge in [0.1, 0.15) is 0 Å². The maximum Gasteiger partial charge on any atom is 0.349 e. The van der Waals surface area contributed by atoms with Crippen LogP contribution in [0.3, 0.4) is 0 Å². The lowest BCUT2D eigenvalue weighted by Gasteiger charge is -1.84. The number of carboxylic acid groups (broad SMARTS) is 1. The second kappa shape index (κ2) is 3.62. The Morgan fingerprint density at radius 1 is 1.44 bits per heavy atom. The number of hydrogen-bond acceptors (Lipinski definition) is 4. The fourth-order valence-electron chi connectivity index (χ4n) is 0.179. The third kappa shape index (κ3) is 4.49. The molecule has 3 N–H and O–H groups in total. The van der Waals surface area contributed by atoms with Crippen LogP contribution in [0.25, 0.3) is 0 Å². The summed E-state index contributed by atoms with van der Waals surface area (Å²) >= 11 is 0. The van der Waals surface area contributed by atoms with Gasteiger partial charge in [0.05, 0.1) is 0 Å². The molecule has 0 fully saturated rings. The largest absolute Gasteiger partial charge is 0.478 e. The van der Waals surface area contributed by atoms with E-state index in [-0.39, 0.29) is 0 Å². The van der Waals surface area contributed by atoms with E-state index in [4.69, 9.17) is 5.11 Å². The molecule has 9 heavy (non-hydrogen) atoms. The summed E-state index contributed by atoms with van der Waals surface area (Å²) in [5.74, 6) is 2.25. The van der Waals surface area contributed by atoms with E-state index in [0.717, 1.165) is 0 Å². The van der Waals surface area contributed by atoms with Crippen molar-refractivity contribution >= 4 is 11.9 Å². The summed E-state index contributed by atoms with van der Waals surface area (Å²) in [6, 6.07) is 0. The maximum atomic E-state index is 10.0. The van der Waals surface area contributed by atoms with Crippen molar-refractivity contribution in [3.05, 3.63) is 12.2 Å². The predicted molar refractivity (Wildman–Crippen MR) is 27.1 cm³/mol. The van der Waals surface area contributed by atoms with Crippen molar-refractivity contribution in [2.24, 2.45) is 5.90 Å². The maximum absolute atomic E-state index is 10.0. The molecule has 0 spiro atoms. The highest BCUT2D eigenvalue weighted by Gasteiger charge is 1.92. The molecule has 0 aliphatic heterocycles. The number of aliphatic carboxylic acids is 1. The molecular weight excluding hydrogens is 126 g/mol. The van der Waals surface area contributed by atoms with Gasteiger partial charge < -0.3 is 9.94 Å². The van der Waals surface area contributed by atoms with Crippen molar-refractivity contribution in [3.8, 4) is 0 Å². The first-order chi connectivity index (χ1) is 4.16. The van der Waals surface area contributed by atoms with Crippen LogP contribution in [0.1, 0.15) is 0 Å². The van der Waals surface area contributed by atoms with E-state index >= 15 is 0 Å². The molecule has 5 nitrogen and oxygen atoms in total. The van der Waals surface area contributed by atoms with Crippen LogP contribution in [-0.2, 0) is 14.4 Å². The van der Waals surface area contributed by atoms with Gasteiger partial charge in [-0.15, -0.1) is 0 Å². The van der Waals surface area contributed by atoms with Gasteiger partial charge >= 0.3 is 11.9 Å². The number of carbonyl (C=O) groups is 2. The molecule has 0 aliphatic carbocycles. The quantitative estimate of drug-likeness (QED) is 0.372. The molecule has 50 valence electrons. The van der Waals surface area contributed by atoms with Crippen molar-refractivity contribution in [2.45, 2.75) is 0 Å². The van der Waals surface area contributed by atoms with Crippen molar-refractivity contribution in [1.82, 2.24) is 0 Å². The highest BCUT2D eigenvalue weighted by Crippen LogP contribution is 1.74. The van der Waals surface area contributed by atoms with Gasteiger partial charge in [0.15, 0.2) is 0 Å². The van der Waals surface area contributed by atoms with Crippen LogP contribution in [-0.4, -0.2) is 17.0 Å². The summed E-state index contributed by atoms with van der Waals surface area (Å²) in [6.07, 6.45) is 1.34. The monoisotopic (exact) mass is 131 g/mol. The normalized spacial score (nSPS) is 9.44.